The van der Waals surface area contributed by atoms with Crippen LogP contribution in [0.15, 0.2) is 34.7 Å². The number of halogens is 1. The molecule has 0 radical (unpaired) electrons. The summed E-state index contributed by atoms with van der Waals surface area (Å²) in [5, 5.41) is 3.46. The normalized spacial score (nSPS) is 14.7. The number of nitrogens with one attached hydrogen (secondary N) is 1. The molecule has 1 aliphatic heterocycles. The molecular weight excluding hydrogens is 328 g/mol. The van der Waals surface area contributed by atoms with Crippen molar-refractivity contribution in [1.29, 1.82) is 0 Å². The SMILES string of the molecule is COCc1ccc(C(=O)Nc2ccc(N3CCCCC3)c(Cl)c2)o1. The molecule has 0 bridgehead atoms. The van der Waals surface area contributed by atoms with Gasteiger partial charge in [-0.1, -0.05) is 11.6 Å². The topological polar surface area (TPSA) is 54.7 Å². The van der Waals surface area contributed by atoms with Crippen molar-refractivity contribution < 1.29 is 13.9 Å². The second-order valence-corrected chi connectivity index (χ2v) is 6.27. The molecule has 2 aromatic rings. The average molecular weight is 349 g/mol. The van der Waals surface area contributed by atoms with Crippen molar-refractivity contribution in [2.75, 3.05) is 30.4 Å². The van der Waals surface area contributed by atoms with Gasteiger partial charge in [0.2, 0.25) is 0 Å². The van der Waals surface area contributed by atoms with Crippen LogP contribution in [0.3, 0.4) is 0 Å². The minimum Gasteiger partial charge on any atom is -0.453 e. The van der Waals surface area contributed by atoms with E-state index in [1.54, 1.807) is 25.3 Å². The number of methoxy groups -OCH3 is 1. The van der Waals surface area contributed by atoms with Crippen molar-refractivity contribution in [2.45, 2.75) is 25.9 Å². The number of rotatable bonds is 5. The summed E-state index contributed by atoms with van der Waals surface area (Å²) in [6.07, 6.45) is 3.66. The van der Waals surface area contributed by atoms with Crippen LogP contribution in [0.25, 0.3) is 0 Å². The molecule has 1 saturated heterocycles. The maximum absolute atomic E-state index is 12.2. The van der Waals surface area contributed by atoms with E-state index in [4.69, 9.17) is 20.8 Å². The fraction of sp³-hybridized carbons (Fsp3) is 0.389. The van der Waals surface area contributed by atoms with Crippen LogP contribution in [-0.2, 0) is 11.3 Å². The zero-order valence-electron chi connectivity index (χ0n) is 13.7. The Kier molecular flexibility index (Phi) is 5.43. The zero-order chi connectivity index (χ0) is 16.9. The van der Waals surface area contributed by atoms with Crippen molar-refractivity contribution in [3.05, 3.63) is 46.9 Å². The molecule has 1 aromatic heterocycles. The van der Waals surface area contributed by atoms with Crippen LogP contribution in [0.4, 0.5) is 11.4 Å². The van der Waals surface area contributed by atoms with Crippen molar-refractivity contribution in [2.24, 2.45) is 0 Å². The lowest BCUT2D eigenvalue weighted by molar-refractivity contribution is 0.0987. The van der Waals surface area contributed by atoms with E-state index < -0.39 is 0 Å². The number of nitrogens with zero attached hydrogens (tertiary/aromatic N) is 1. The van der Waals surface area contributed by atoms with E-state index in [9.17, 15) is 4.79 Å². The van der Waals surface area contributed by atoms with Gasteiger partial charge in [-0.2, -0.15) is 0 Å². The molecule has 1 aliphatic rings. The molecule has 0 unspecified atom stereocenters. The lowest BCUT2D eigenvalue weighted by Gasteiger charge is -2.29. The van der Waals surface area contributed by atoms with Gasteiger partial charge in [-0.05, 0) is 49.6 Å². The quantitative estimate of drug-likeness (QED) is 0.874. The molecule has 2 heterocycles. The predicted octanol–water partition coefficient (Wildman–Crippen LogP) is 4.32. The Labute approximate surface area is 146 Å². The van der Waals surface area contributed by atoms with Crippen LogP contribution in [-0.4, -0.2) is 26.1 Å². The van der Waals surface area contributed by atoms with Gasteiger partial charge in [-0.3, -0.25) is 4.79 Å². The second-order valence-electron chi connectivity index (χ2n) is 5.87. The summed E-state index contributed by atoms with van der Waals surface area (Å²) in [6.45, 7) is 2.39. The molecule has 1 amide bonds. The molecule has 1 fully saturated rings. The molecule has 1 N–H and O–H groups in total. The highest BCUT2D eigenvalue weighted by atomic mass is 35.5. The van der Waals surface area contributed by atoms with E-state index in [0.717, 1.165) is 18.8 Å². The summed E-state index contributed by atoms with van der Waals surface area (Å²) in [7, 11) is 1.58. The molecule has 6 heteroatoms. The maximum atomic E-state index is 12.2. The number of benzene rings is 1. The fourth-order valence-electron chi connectivity index (χ4n) is 2.89. The largest absolute Gasteiger partial charge is 0.453 e. The number of carbonyl (C=O) groups excluding carboxylic acids is 1. The Morgan fingerprint density at radius 3 is 2.75 bits per heavy atom. The minimum absolute atomic E-state index is 0.248. The number of carbonyl (C=O) groups is 1. The van der Waals surface area contributed by atoms with Crippen LogP contribution in [0.1, 0.15) is 35.6 Å². The molecule has 0 spiro atoms. The Bertz CT molecular complexity index is 708. The number of furan rings is 1. The van der Waals surface area contributed by atoms with E-state index >= 15 is 0 Å². The molecule has 128 valence electrons. The molecule has 0 aliphatic carbocycles. The number of ether oxygens (including phenoxy) is 1. The molecule has 0 saturated carbocycles. The number of piperidine rings is 1. The molecular formula is C18H21ClN2O3. The zero-order valence-corrected chi connectivity index (χ0v) is 14.4. The van der Waals surface area contributed by atoms with E-state index in [2.05, 4.69) is 10.2 Å². The van der Waals surface area contributed by atoms with Gasteiger partial charge < -0.3 is 19.4 Å². The molecule has 5 nitrogen and oxygen atoms in total. The van der Waals surface area contributed by atoms with Crippen molar-refractivity contribution >= 4 is 28.9 Å². The van der Waals surface area contributed by atoms with Crippen LogP contribution < -0.4 is 10.2 Å². The fourth-order valence-corrected chi connectivity index (χ4v) is 3.19. The van der Waals surface area contributed by atoms with Gasteiger partial charge >= 0.3 is 0 Å². The maximum Gasteiger partial charge on any atom is 0.291 e. The number of anilines is 2. The first-order valence-electron chi connectivity index (χ1n) is 8.11. The Morgan fingerprint density at radius 1 is 1.25 bits per heavy atom. The van der Waals surface area contributed by atoms with Gasteiger partial charge in [0.15, 0.2) is 5.76 Å². The average Bonchev–Trinajstić information content (AvgIpc) is 3.05. The highest BCUT2D eigenvalue weighted by Crippen LogP contribution is 2.31. The first kappa shape index (κ1) is 16.9. The number of hydrogen-bond donors (Lipinski definition) is 1. The Hall–Kier alpha value is -1.98. The van der Waals surface area contributed by atoms with Gasteiger partial charge in [0.05, 0.1) is 10.7 Å². The smallest absolute Gasteiger partial charge is 0.291 e. The second kappa shape index (κ2) is 7.73. The third-order valence-corrected chi connectivity index (χ3v) is 4.38. The lowest BCUT2D eigenvalue weighted by atomic mass is 10.1. The first-order valence-corrected chi connectivity index (χ1v) is 8.48. The lowest BCUT2D eigenvalue weighted by Crippen LogP contribution is -2.29. The van der Waals surface area contributed by atoms with Crippen molar-refractivity contribution in [1.82, 2.24) is 0 Å². The molecule has 24 heavy (non-hydrogen) atoms. The van der Waals surface area contributed by atoms with Gasteiger partial charge in [0.1, 0.15) is 12.4 Å². The Morgan fingerprint density at radius 2 is 2.04 bits per heavy atom. The van der Waals surface area contributed by atoms with Crippen molar-refractivity contribution in [3.63, 3.8) is 0 Å². The van der Waals surface area contributed by atoms with Gasteiger partial charge in [0.25, 0.3) is 5.91 Å². The van der Waals surface area contributed by atoms with Gasteiger partial charge in [0, 0.05) is 25.9 Å². The van der Waals surface area contributed by atoms with Gasteiger partial charge in [-0.25, -0.2) is 0 Å². The summed E-state index contributed by atoms with van der Waals surface area (Å²) in [4.78, 5) is 14.5. The van der Waals surface area contributed by atoms with Gasteiger partial charge in [-0.15, -0.1) is 0 Å². The summed E-state index contributed by atoms with van der Waals surface area (Å²) in [5.74, 6) is 0.554. The van der Waals surface area contributed by atoms with Crippen LogP contribution in [0.2, 0.25) is 5.02 Å². The third-order valence-electron chi connectivity index (χ3n) is 4.07. The van der Waals surface area contributed by atoms with Crippen LogP contribution >= 0.6 is 11.6 Å². The minimum atomic E-state index is -0.306. The van der Waals surface area contributed by atoms with Crippen LogP contribution in [0.5, 0.6) is 0 Å². The predicted molar refractivity (Wildman–Crippen MR) is 94.9 cm³/mol. The number of amides is 1. The van der Waals surface area contributed by atoms with E-state index in [0.29, 0.717) is 23.1 Å². The summed E-state index contributed by atoms with van der Waals surface area (Å²) >= 11 is 6.40. The highest BCUT2D eigenvalue weighted by molar-refractivity contribution is 6.33. The summed E-state index contributed by atoms with van der Waals surface area (Å²) in [6, 6.07) is 8.97. The van der Waals surface area contributed by atoms with Crippen molar-refractivity contribution in [3.8, 4) is 0 Å². The number of hydrogen-bond acceptors (Lipinski definition) is 4. The first-order chi connectivity index (χ1) is 11.7. The van der Waals surface area contributed by atoms with E-state index in [1.165, 1.54) is 19.3 Å². The summed E-state index contributed by atoms with van der Waals surface area (Å²) < 4.78 is 10.4. The third kappa shape index (κ3) is 3.91. The summed E-state index contributed by atoms with van der Waals surface area (Å²) in [5.41, 5.74) is 1.67. The van der Waals surface area contributed by atoms with E-state index in [-0.39, 0.29) is 11.7 Å². The Balaban J connectivity index is 1.68. The van der Waals surface area contributed by atoms with E-state index in [1.807, 2.05) is 12.1 Å². The van der Waals surface area contributed by atoms with Crippen LogP contribution in [0, 0.1) is 0 Å². The molecule has 0 atom stereocenters. The highest BCUT2D eigenvalue weighted by Gasteiger charge is 2.16. The molecule has 3 rings (SSSR count). The monoisotopic (exact) mass is 348 g/mol. The molecule has 1 aromatic carbocycles. The standard InChI is InChI=1S/C18H21ClN2O3/c1-23-12-14-6-8-17(24-14)18(22)20-13-5-7-16(15(19)11-13)21-9-3-2-4-10-21/h5-8,11H,2-4,9-10,12H2,1H3,(H,20,22).